The molecule has 1 rings (SSSR count). The van der Waals surface area contributed by atoms with Gasteiger partial charge in [0.2, 0.25) is 0 Å². The van der Waals surface area contributed by atoms with Crippen LogP contribution < -0.4 is 5.32 Å². The van der Waals surface area contributed by atoms with Gasteiger partial charge in [0.25, 0.3) is 0 Å². The quantitative estimate of drug-likeness (QED) is 0.647. The third-order valence-electron chi connectivity index (χ3n) is 3.99. The molecule has 16 heavy (non-hydrogen) atoms. The molecule has 3 nitrogen and oxygen atoms in total. The average Bonchev–Trinajstić information content (AvgIpc) is 2.30. The lowest BCUT2D eigenvalue weighted by molar-refractivity contribution is 0.0717. The van der Waals surface area contributed by atoms with E-state index < -0.39 is 0 Å². The summed E-state index contributed by atoms with van der Waals surface area (Å²) < 4.78 is 0. The van der Waals surface area contributed by atoms with E-state index in [1.165, 1.54) is 19.3 Å². The predicted octanol–water partition coefficient (Wildman–Crippen LogP) is 1.54. The minimum absolute atomic E-state index is 0.0700. The molecule has 1 saturated carbocycles. The molecule has 0 radical (unpaired) electrons. The molecule has 0 aliphatic heterocycles. The van der Waals surface area contributed by atoms with Crippen molar-refractivity contribution < 1.29 is 10.2 Å². The smallest absolute Gasteiger partial charge is 0.0587 e. The van der Waals surface area contributed by atoms with Gasteiger partial charge in [-0.3, -0.25) is 0 Å². The van der Waals surface area contributed by atoms with Gasteiger partial charge in [-0.2, -0.15) is 0 Å². The Hall–Kier alpha value is -0.120. The van der Waals surface area contributed by atoms with Crippen LogP contribution in [0.1, 0.15) is 46.0 Å². The van der Waals surface area contributed by atoms with Crippen molar-refractivity contribution in [2.75, 3.05) is 19.8 Å². The Kier molecular flexibility index (Phi) is 5.73. The van der Waals surface area contributed by atoms with Gasteiger partial charge >= 0.3 is 0 Å². The highest BCUT2D eigenvalue weighted by atomic mass is 16.3. The van der Waals surface area contributed by atoms with Crippen LogP contribution in [-0.4, -0.2) is 36.0 Å². The highest BCUT2D eigenvalue weighted by Crippen LogP contribution is 2.35. The monoisotopic (exact) mass is 229 g/mol. The van der Waals surface area contributed by atoms with Gasteiger partial charge in [0.15, 0.2) is 0 Å². The third kappa shape index (κ3) is 3.72. The Morgan fingerprint density at radius 3 is 2.19 bits per heavy atom. The molecule has 0 bridgehead atoms. The first-order chi connectivity index (χ1) is 7.63. The Bertz CT molecular complexity index is 188. The molecule has 0 aromatic heterocycles. The van der Waals surface area contributed by atoms with Gasteiger partial charge in [-0.1, -0.05) is 33.1 Å². The van der Waals surface area contributed by atoms with Crippen LogP contribution >= 0.6 is 0 Å². The second kappa shape index (κ2) is 6.58. The number of rotatable bonds is 6. The van der Waals surface area contributed by atoms with Gasteiger partial charge in [-0.15, -0.1) is 0 Å². The predicted molar refractivity (Wildman–Crippen MR) is 66.3 cm³/mol. The van der Waals surface area contributed by atoms with Gasteiger partial charge in [0.05, 0.1) is 6.61 Å². The summed E-state index contributed by atoms with van der Waals surface area (Å²) in [5.74, 6) is 0.435. The molecule has 1 atom stereocenters. The Balaban J connectivity index is 2.43. The van der Waals surface area contributed by atoms with Crippen molar-refractivity contribution in [2.45, 2.75) is 52.0 Å². The van der Waals surface area contributed by atoms with E-state index in [-0.39, 0.29) is 24.7 Å². The first kappa shape index (κ1) is 13.9. The number of hydrogen-bond donors (Lipinski definition) is 3. The first-order valence-corrected chi connectivity index (χ1v) is 6.59. The third-order valence-corrected chi connectivity index (χ3v) is 3.99. The largest absolute Gasteiger partial charge is 0.396 e. The van der Waals surface area contributed by atoms with Crippen molar-refractivity contribution in [3.8, 4) is 0 Å². The molecule has 1 aliphatic rings. The summed E-state index contributed by atoms with van der Waals surface area (Å²) in [5, 5.41) is 22.2. The Morgan fingerprint density at radius 2 is 1.75 bits per heavy atom. The molecule has 0 saturated heterocycles. The van der Waals surface area contributed by atoms with E-state index in [1.807, 2.05) is 0 Å². The standard InChI is InChI=1S/C13H27NO2/c1-11(2)12(8-15)14-9-13(10-16)6-4-3-5-7-13/h11-12,14-16H,3-10H2,1-2H3. The van der Waals surface area contributed by atoms with E-state index in [2.05, 4.69) is 19.2 Å². The van der Waals surface area contributed by atoms with Crippen LogP contribution in [0, 0.1) is 11.3 Å². The van der Waals surface area contributed by atoms with Crippen LogP contribution in [0.25, 0.3) is 0 Å². The van der Waals surface area contributed by atoms with Crippen molar-refractivity contribution in [1.82, 2.24) is 5.32 Å². The molecule has 3 N–H and O–H groups in total. The minimum atomic E-state index is 0.0700. The number of aliphatic hydroxyl groups is 2. The molecule has 1 fully saturated rings. The average molecular weight is 229 g/mol. The number of hydrogen-bond acceptors (Lipinski definition) is 3. The zero-order valence-corrected chi connectivity index (χ0v) is 10.7. The van der Waals surface area contributed by atoms with Gasteiger partial charge in [-0.25, -0.2) is 0 Å². The lowest BCUT2D eigenvalue weighted by atomic mass is 9.74. The molecule has 0 amide bonds. The van der Waals surface area contributed by atoms with E-state index >= 15 is 0 Å². The molecule has 3 heteroatoms. The van der Waals surface area contributed by atoms with Crippen LogP contribution in [0.15, 0.2) is 0 Å². The second-order valence-electron chi connectivity index (χ2n) is 5.63. The highest BCUT2D eigenvalue weighted by Gasteiger charge is 2.31. The van der Waals surface area contributed by atoms with Crippen LogP contribution in [0.3, 0.4) is 0 Å². The van der Waals surface area contributed by atoms with Crippen LogP contribution in [0.5, 0.6) is 0 Å². The molecule has 0 aromatic carbocycles. The van der Waals surface area contributed by atoms with Crippen LogP contribution in [0.2, 0.25) is 0 Å². The molecule has 96 valence electrons. The molecular weight excluding hydrogens is 202 g/mol. The summed E-state index contributed by atoms with van der Waals surface area (Å²) in [6, 6.07) is 0.158. The van der Waals surface area contributed by atoms with Gasteiger partial charge < -0.3 is 15.5 Å². The fourth-order valence-corrected chi connectivity index (χ4v) is 2.55. The minimum Gasteiger partial charge on any atom is -0.396 e. The molecule has 0 aromatic rings. The summed E-state index contributed by atoms with van der Waals surface area (Å²) >= 11 is 0. The van der Waals surface area contributed by atoms with Crippen molar-refractivity contribution in [3.05, 3.63) is 0 Å². The topological polar surface area (TPSA) is 52.5 Å². The van der Waals surface area contributed by atoms with Gasteiger partial charge in [0, 0.05) is 24.6 Å². The molecular formula is C13H27NO2. The zero-order chi connectivity index (χ0) is 12.0. The van der Waals surface area contributed by atoms with Gasteiger partial charge in [-0.05, 0) is 18.8 Å². The maximum Gasteiger partial charge on any atom is 0.0587 e. The maximum atomic E-state index is 9.56. The summed E-state index contributed by atoms with van der Waals surface area (Å²) in [7, 11) is 0. The van der Waals surface area contributed by atoms with E-state index in [1.54, 1.807) is 0 Å². The lowest BCUT2D eigenvalue weighted by Gasteiger charge is -2.37. The van der Waals surface area contributed by atoms with E-state index in [9.17, 15) is 10.2 Å². The normalized spacial score (nSPS) is 22.3. The van der Waals surface area contributed by atoms with Gasteiger partial charge in [0.1, 0.15) is 0 Å². The summed E-state index contributed by atoms with van der Waals surface area (Å²) in [4.78, 5) is 0. The number of aliphatic hydroxyl groups excluding tert-OH is 2. The molecule has 0 spiro atoms. The fourth-order valence-electron chi connectivity index (χ4n) is 2.55. The van der Waals surface area contributed by atoms with Crippen LogP contribution in [0.4, 0.5) is 0 Å². The summed E-state index contributed by atoms with van der Waals surface area (Å²) in [5.41, 5.74) is 0.0700. The van der Waals surface area contributed by atoms with Crippen molar-refractivity contribution in [1.29, 1.82) is 0 Å². The van der Waals surface area contributed by atoms with E-state index in [4.69, 9.17) is 0 Å². The van der Waals surface area contributed by atoms with E-state index in [0.29, 0.717) is 5.92 Å². The Labute approximate surface area is 99.3 Å². The van der Waals surface area contributed by atoms with Crippen molar-refractivity contribution >= 4 is 0 Å². The fraction of sp³-hybridized carbons (Fsp3) is 1.00. The maximum absolute atomic E-state index is 9.56. The highest BCUT2D eigenvalue weighted by molar-refractivity contribution is 4.86. The summed E-state index contributed by atoms with van der Waals surface area (Å²) in [6.45, 7) is 5.52. The molecule has 0 heterocycles. The van der Waals surface area contributed by atoms with Crippen molar-refractivity contribution in [2.24, 2.45) is 11.3 Å². The van der Waals surface area contributed by atoms with Crippen molar-refractivity contribution in [3.63, 3.8) is 0 Å². The first-order valence-electron chi connectivity index (χ1n) is 6.59. The lowest BCUT2D eigenvalue weighted by Crippen LogP contribution is -2.46. The van der Waals surface area contributed by atoms with Crippen LogP contribution in [-0.2, 0) is 0 Å². The molecule has 1 unspecified atom stereocenters. The molecule has 1 aliphatic carbocycles. The van der Waals surface area contributed by atoms with E-state index in [0.717, 1.165) is 19.4 Å². The number of nitrogens with one attached hydrogen (secondary N) is 1. The Morgan fingerprint density at radius 1 is 1.12 bits per heavy atom. The second-order valence-corrected chi connectivity index (χ2v) is 5.63. The summed E-state index contributed by atoms with van der Waals surface area (Å²) in [6.07, 6.45) is 6.00. The SMILES string of the molecule is CC(C)C(CO)NCC1(CO)CCCCC1. The zero-order valence-electron chi connectivity index (χ0n) is 10.7.